The molecule has 0 fully saturated rings. The van der Waals surface area contributed by atoms with Gasteiger partial charge in [-0.3, -0.25) is 9.36 Å². The number of rotatable bonds is 9. The van der Waals surface area contributed by atoms with Gasteiger partial charge in [-0.1, -0.05) is 47.2 Å². The Labute approximate surface area is 226 Å². The number of ether oxygens (including phenoxy) is 3. The van der Waals surface area contributed by atoms with Gasteiger partial charge in [0.1, 0.15) is 0 Å². The lowest BCUT2D eigenvalue weighted by Crippen LogP contribution is -2.39. The van der Waals surface area contributed by atoms with Crippen molar-refractivity contribution in [2.45, 2.75) is 40.2 Å². The number of aromatic nitrogens is 1. The zero-order valence-corrected chi connectivity index (χ0v) is 23.2. The van der Waals surface area contributed by atoms with Crippen LogP contribution in [0.4, 0.5) is 0 Å². The molecular weight excluding hydrogens is 500 g/mol. The van der Waals surface area contributed by atoms with Crippen LogP contribution in [0.5, 0.6) is 11.5 Å². The minimum Gasteiger partial charge on any atom is -0.493 e. The number of esters is 1. The van der Waals surface area contributed by atoms with E-state index in [-0.39, 0.29) is 12.2 Å². The lowest BCUT2D eigenvalue weighted by atomic mass is 9.95. The number of allylic oxidation sites excluding steroid dienone is 2. The van der Waals surface area contributed by atoms with Crippen LogP contribution < -0.4 is 24.4 Å². The van der Waals surface area contributed by atoms with Crippen LogP contribution in [-0.4, -0.2) is 30.9 Å². The molecule has 1 atom stereocenters. The van der Waals surface area contributed by atoms with Crippen LogP contribution in [0.1, 0.15) is 49.1 Å². The zero-order chi connectivity index (χ0) is 27.4. The molecule has 0 saturated carbocycles. The van der Waals surface area contributed by atoms with Gasteiger partial charge in [-0.05, 0) is 63.5 Å². The maximum absolute atomic E-state index is 13.9. The molecule has 0 N–H and O–H groups in total. The number of methoxy groups -OCH3 is 1. The van der Waals surface area contributed by atoms with Crippen molar-refractivity contribution in [3.63, 3.8) is 0 Å². The lowest BCUT2D eigenvalue weighted by molar-refractivity contribution is -0.139. The van der Waals surface area contributed by atoms with Crippen molar-refractivity contribution >= 4 is 23.4 Å². The molecule has 0 spiro atoms. The number of fused-ring (bicyclic) bond motifs is 1. The first-order valence-electron chi connectivity index (χ1n) is 12.5. The predicted octanol–water partition coefficient (Wildman–Crippen LogP) is 4.24. The molecule has 2 heterocycles. The number of hydrogen-bond acceptors (Lipinski definition) is 7. The zero-order valence-electron chi connectivity index (χ0n) is 22.4. The smallest absolute Gasteiger partial charge is 0.338 e. The van der Waals surface area contributed by atoms with Gasteiger partial charge in [-0.25, -0.2) is 9.79 Å². The molecule has 0 radical (unpaired) electrons. The molecular formula is C30H32N2O5S. The second-order valence-electron chi connectivity index (χ2n) is 8.85. The maximum Gasteiger partial charge on any atom is 0.338 e. The third-order valence-electron chi connectivity index (χ3n) is 6.23. The fraction of sp³-hybridized carbons (Fsp3) is 0.300. The topological polar surface area (TPSA) is 79.1 Å². The number of nitrogens with zero attached hydrogens (tertiary/aromatic N) is 2. The van der Waals surface area contributed by atoms with E-state index in [1.54, 1.807) is 31.6 Å². The first-order valence-corrected chi connectivity index (χ1v) is 13.3. The summed E-state index contributed by atoms with van der Waals surface area (Å²) >= 11 is 1.29. The summed E-state index contributed by atoms with van der Waals surface area (Å²) in [6.45, 7) is 12.0. The fourth-order valence-corrected chi connectivity index (χ4v) is 5.62. The van der Waals surface area contributed by atoms with Crippen LogP contribution in [0.2, 0.25) is 0 Å². The van der Waals surface area contributed by atoms with Crippen molar-refractivity contribution in [3.8, 4) is 11.5 Å². The Kier molecular flexibility index (Phi) is 8.32. The van der Waals surface area contributed by atoms with Crippen LogP contribution in [-0.2, 0) is 16.0 Å². The molecule has 7 nitrogen and oxygen atoms in total. The van der Waals surface area contributed by atoms with Crippen LogP contribution in [0.15, 0.2) is 70.1 Å². The van der Waals surface area contributed by atoms with Gasteiger partial charge in [0.2, 0.25) is 0 Å². The van der Waals surface area contributed by atoms with Gasteiger partial charge < -0.3 is 14.2 Å². The highest BCUT2D eigenvalue weighted by atomic mass is 32.1. The highest BCUT2D eigenvalue weighted by molar-refractivity contribution is 7.07. The van der Waals surface area contributed by atoms with Crippen molar-refractivity contribution in [1.82, 2.24) is 4.57 Å². The molecule has 0 amide bonds. The van der Waals surface area contributed by atoms with E-state index >= 15 is 0 Å². The summed E-state index contributed by atoms with van der Waals surface area (Å²) in [7, 11) is 1.61. The van der Waals surface area contributed by atoms with E-state index in [1.165, 1.54) is 11.3 Å². The van der Waals surface area contributed by atoms with Crippen LogP contribution >= 0.6 is 11.3 Å². The van der Waals surface area contributed by atoms with Crippen molar-refractivity contribution in [3.05, 3.63) is 102 Å². The first-order chi connectivity index (χ1) is 18.3. The summed E-state index contributed by atoms with van der Waals surface area (Å²) in [4.78, 5) is 32.1. The third kappa shape index (κ3) is 5.22. The number of carbonyl (C=O) groups excluding carboxylic acids is 1. The summed E-state index contributed by atoms with van der Waals surface area (Å²) in [5, 5.41) is 0. The average molecular weight is 533 g/mol. The SMILES string of the molecule is C=CCc1cc(/C=c2/sc3n(c2=O)[C@H](c2ccc(C)cc2)C(C(=O)OCC)=C(C)N=3)cc(OCC)c1OC. The number of thiazole rings is 1. The van der Waals surface area contributed by atoms with E-state index < -0.39 is 12.0 Å². The van der Waals surface area contributed by atoms with Gasteiger partial charge in [-0.15, -0.1) is 6.58 Å². The van der Waals surface area contributed by atoms with Crippen molar-refractivity contribution in [2.24, 2.45) is 4.99 Å². The second-order valence-corrected chi connectivity index (χ2v) is 9.86. The summed E-state index contributed by atoms with van der Waals surface area (Å²) in [5.41, 5.74) is 4.28. The Bertz CT molecular complexity index is 1580. The molecule has 2 aromatic carbocycles. The highest BCUT2D eigenvalue weighted by Crippen LogP contribution is 2.34. The van der Waals surface area contributed by atoms with Crippen molar-refractivity contribution in [1.29, 1.82) is 0 Å². The summed E-state index contributed by atoms with van der Waals surface area (Å²) in [5.74, 6) is 0.782. The molecule has 1 aliphatic rings. The molecule has 0 aliphatic carbocycles. The molecule has 0 unspecified atom stereocenters. The number of hydrogen-bond donors (Lipinski definition) is 0. The molecule has 38 heavy (non-hydrogen) atoms. The Morgan fingerprint density at radius 1 is 1.16 bits per heavy atom. The molecule has 1 aromatic heterocycles. The molecule has 4 rings (SSSR count). The largest absolute Gasteiger partial charge is 0.493 e. The number of aryl methyl sites for hydroxylation is 1. The Morgan fingerprint density at radius 3 is 2.53 bits per heavy atom. The molecule has 3 aromatic rings. The number of benzene rings is 2. The molecule has 1 aliphatic heterocycles. The monoisotopic (exact) mass is 532 g/mol. The van der Waals surface area contributed by atoms with E-state index in [1.807, 2.05) is 56.3 Å². The van der Waals surface area contributed by atoms with Crippen molar-refractivity contribution < 1.29 is 19.0 Å². The van der Waals surface area contributed by atoms with E-state index in [2.05, 4.69) is 11.6 Å². The number of carbonyl (C=O) groups is 1. The highest BCUT2D eigenvalue weighted by Gasteiger charge is 2.33. The fourth-order valence-electron chi connectivity index (χ4n) is 4.58. The Hall–Kier alpha value is -3.91. The van der Waals surface area contributed by atoms with Crippen molar-refractivity contribution in [2.75, 3.05) is 20.3 Å². The first kappa shape index (κ1) is 27.1. The average Bonchev–Trinajstić information content (AvgIpc) is 3.18. The second kappa shape index (κ2) is 11.6. The summed E-state index contributed by atoms with van der Waals surface area (Å²) in [6.07, 6.45) is 4.21. The maximum atomic E-state index is 13.9. The van der Waals surface area contributed by atoms with Gasteiger partial charge in [0.05, 0.1) is 42.2 Å². The van der Waals surface area contributed by atoms with E-state index in [0.29, 0.717) is 45.1 Å². The van der Waals surface area contributed by atoms with Crippen LogP contribution in [0.3, 0.4) is 0 Å². The molecule has 8 heteroatoms. The van der Waals surface area contributed by atoms with Gasteiger partial charge in [0, 0.05) is 5.56 Å². The van der Waals surface area contributed by atoms with Gasteiger partial charge in [-0.2, -0.15) is 0 Å². The summed E-state index contributed by atoms with van der Waals surface area (Å²) < 4.78 is 18.9. The standard InChI is InChI=1S/C30H32N2O5S/c1-7-10-22-15-20(16-23(36-8-2)27(22)35-6)17-24-28(33)32-26(21-13-11-18(4)12-14-21)25(29(34)37-9-3)19(5)31-30(32)38-24/h7,11-17,26H,1,8-10H2,2-6H3/b24-17+/t26-/m1/s1. The summed E-state index contributed by atoms with van der Waals surface area (Å²) in [6, 6.07) is 11.0. The van der Waals surface area contributed by atoms with E-state index in [4.69, 9.17) is 14.2 Å². The van der Waals surface area contributed by atoms with Gasteiger partial charge in [0.25, 0.3) is 5.56 Å². The minimum absolute atomic E-state index is 0.229. The third-order valence-corrected chi connectivity index (χ3v) is 7.21. The van der Waals surface area contributed by atoms with Gasteiger partial charge >= 0.3 is 5.97 Å². The Balaban J connectivity index is 1.94. The molecule has 0 bridgehead atoms. The van der Waals surface area contributed by atoms with E-state index in [9.17, 15) is 9.59 Å². The molecule has 0 saturated heterocycles. The Morgan fingerprint density at radius 2 is 1.89 bits per heavy atom. The van der Waals surface area contributed by atoms with Crippen LogP contribution in [0.25, 0.3) is 6.08 Å². The predicted molar refractivity (Wildman–Crippen MR) is 150 cm³/mol. The minimum atomic E-state index is -0.640. The quantitative estimate of drug-likeness (QED) is 0.304. The normalized spacial score (nSPS) is 15.1. The molecule has 198 valence electrons. The van der Waals surface area contributed by atoms with E-state index in [0.717, 1.165) is 22.3 Å². The van der Waals surface area contributed by atoms with Gasteiger partial charge in [0.15, 0.2) is 16.3 Å². The van der Waals surface area contributed by atoms with Crippen LogP contribution in [0, 0.1) is 6.92 Å². The lowest BCUT2D eigenvalue weighted by Gasteiger charge is -2.24.